The lowest BCUT2D eigenvalue weighted by Gasteiger charge is -2.10. The fourth-order valence-electron chi connectivity index (χ4n) is 2.69. The molecule has 0 atom stereocenters. The number of rotatable bonds is 2. The summed E-state index contributed by atoms with van der Waals surface area (Å²) in [4.78, 5) is 4.75. The minimum absolute atomic E-state index is 0.474. The van der Waals surface area contributed by atoms with E-state index >= 15 is 0 Å². The number of para-hydroxylation sites is 1. The molecule has 3 nitrogen and oxygen atoms in total. The summed E-state index contributed by atoms with van der Waals surface area (Å²) < 4.78 is 2.24. The topological polar surface area (TPSA) is 43.8 Å². The van der Waals surface area contributed by atoms with Crippen LogP contribution in [0.4, 0.5) is 5.69 Å². The average Bonchev–Trinajstić information content (AvgIpc) is 3.23. The molecular formula is C16H13Cl2N3. The van der Waals surface area contributed by atoms with Crippen LogP contribution in [-0.4, -0.2) is 9.55 Å². The molecule has 1 aromatic heterocycles. The van der Waals surface area contributed by atoms with Gasteiger partial charge in [0.1, 0.15) is 5.82 Å². The van der Waals surface area contributed by atoms with Gasteiger partial charge in [-0.15, -0.1) is 0 Å². The number of hydrogen-bond acceptors (Lipinski definition) is 2. The number of aromatic nitrogens is 2. The van der Waals surface area contributed by atoms with E-state index in [1.54, 1.807) is 6.07 Å². The lowest BCUT2D eigenvalue weighted by molar-refractivity contribution is 0.775. The van der Waals surface area contributed by atoms with E-state index < -0.39 is 0 Å². The summed E-state index contributed by atoms with van der Waals surface area (Å²) in [6.07, 6.45) is 2.32. The maximum atomic E-state index is 6.15. The third-order valence-electron chi connectivity index (χ3n) is 3.86. The molecule has 0 radical (unpaired) electrons. The quantitative estimate of drug-likeness (QED) is 0.681. The Balaban J connectivity index is 2.04. The fraction of sp³-hybridized carbons (Fsp3) is 0.188. The van der Waals surface area contributed by atoms with Crippen molar-refractivity contribution in [3.8, 4) is 11.4 Å². The van der Waals surface area contributed by atoms with E-state index in [-0.39, 0.29) is 0 Å². The molecule has 1 aliphatic carbocycles. The highest BCUT2D eigenvalue weighted by molar-refractivity contribution is 6.33. The van der Waals surface area contributed by atoms with Crippen LogP contribution in [-0.2, 0) is 0 Å². The standard InChI is InChI=1S/C16H13Cl2N3/c17-9-4-7-13-14(8-9)21(10-5-6-10)16(20-13)11-2-1-3-12(18)15(11)19/h1-4,7-8,10H,5-6,19H2. The van der Waals surface area contributed by atoms with Crippen molar-refractivity contribution < 1.29 is 0 Å². The third kappa shape index (κ3) is 2.08. The molecule has 0 aliphatic heterocycles. The number of imidazole rings is 1. The van der Waals surface area contributed by atoms with Crippen LogP contribution in [0.2, 0.25) is 10.0 Å². The van der Waals surface area contributed by atoms with Gasteiger partial charge < -0.3 is 10.3 Å². The van der Waals surface area contributed by atoms with E-state index in [2.05, 4.69) is 4.57 Å². The molecule has 5 heteroatoms. The monoisotopic (exact) mass is 317 g/mol. The Bertz CT molecular complexity index is 850. The van der Waals surface area contributed by atoms with Crippen molar-refractivity contribution in [2.24, 2.45) is 0 Å². The molecule has 106 valence electrons. The SMILES string of the molecule is Nc1c(Cl)cccc1-c1nc2ccc(Cl)cc2n1C1CC1. The van der Waals surface area contributed by atoms with Gasteiger partial charge in [-0.1, -0.05) is 29.3 Å². The Kier molecular flexibility index (Phi) is 2.88. The van der Waals surface area contributed by atoms with Crippen molar-refractivity contribution in [2.45, 2.75) is 18.9 Å². The van der Waals surface area contributed by atoms with Crippen molar-refractivity contribution >= 4 is 39.9 Å². The first-order valence-electron chi connectivity index (χ1n) is 6.87. The predicted molar refractivity (Wildman–Crippen MR) is 87.9 cm³/mol. The molecule has 2 aromatic carbocycles. The van der Waals surface area contributed by atoms with Crippen LogP contribution < -0.4 is 5.73 Å². The molecule has 2 N–H and O–H groups in total. The molecule has 1 aliphatic rings. The van der Waals surface area contributed by atoms with Gasteiger partial charge in [0.25, 0.3) is 0 Å². The summed E-state index contributed by atoms with van der Waals surface area (Å²) in [5, 5.41) is 1.27. The minimum Gasteiger partial charge on any atom is -0.397 e. The van der Waals surface area contributed by atoms with E-state index in [0.717, 1.165) is 40.3 Å². The van der Waals surface area contributed by atoms with Gasteiger partial charge in [-0.25, -0.2) is 4.98 Å². The zero-order valence-electron chi connectivity index (χ0n) is 11.2. The van der Waals surface area contributed by atoms with Gasteiger partial charge in [0.05, 0.1) is 21.7 Å². The summed E-state index contributed by atoms with van der Waals surface area (Å²) in [6, 6.07) is 11.9. The number of hydrogen-bond donors (Lipinski definition) is 1. The molecule has 0 unspecified atom stereocenters. The highest BCUT2D eigenvalue weighted by Crippen LogP contribution is 2.43. The molecular weight excluding hydrogens is 305 g/mol. The van der Waals surface area contributed by atoms with E-state index in [4.69, 9.17) is 33.9 Å². The molecule has 1 saturated carbocycles. The number of anilines is 1. The molecule has 0 amide bonds. The van der Waals surface area contributed by atoms with Gasteiger partial charge in [0.15, 0.2) is 0 Å². The number of nitrogens with two attached hydrogens (primary N) is 1. The molecule has 21 heavy (non-hydrogen) atoms. The first-order chi connectivity index (χ1) is 10.1. The van der Waals surface area contributed by atoms with Crippen LogP contribution in [0, 0.1) is 0 Å². The van der Waals surface area contributed by atoms with Crippen LogP contribution in [0.5, 0.6) is 0 Å². The van der Waals surface area contributed by atoms with Crippen molar-refractivity contribution in [3.63, 3.8) is 0 Å². The second-order valence-corrected chi connectivity index (χ2v) is 6.21. The lowest BCUT2D eigenvalue weighted by atomic mass is 10.1. The molecule has 0 spiro atoms. The van der Waals surface area contributed by atoms with E-state index in [1.165, 1.54) is 0 Å². The number of fused-ring (bicyclic) bond motifs is 1. The smallest absolute Gasteiger partial charge is 0.143 e. The maximum Gasteiger partial charge on any atom is 0.143 e. The van der Waals surface area contributed by atoms with Crippen molar-refractivity contribution in [1.82, 2.24) is 9.55 Å². The van der Waals surface area contributed by atoms with Crippen LogP contribution in [0.1, 0.15) is 18.9 Å². The van der Waals surface area contributed by atoms with Crippen LogP contribution in [0.3, 0.4) is 0 Å². The molecule has 4 rings (SSSR count). The number of nitrogen functional groups attached to an aromatic ring is 1. The summed E-state index contributed by atoms with van der Waals surface area (Å²) in [6.45, 7) is 0. The molecule has 1 heterocycles. The summed E-state index contributed by atoms with van der Waals surface area (Å²) in [5.74, 6) is 0.870. The van der Waals surface area contributed by atoms with Crippen LogP contribution >= 0.6 is 23.2 Å². The predicted octanol–water partition coefficient (Wildman–Crippen LogP) is 4.93. The lowest BCUT2D eigenvalue weighted by Crippen LogP contribution is -2.00. The van der Waals surface area contributed by atoms with Crippen molar-refractivity contribution in [2.75, 3.05) is 5.73 Å². The van der Waals surface area contributed by atoms with Gasteiger partial charge >= 0.3 is 0 Å². The highest BCUT2D eigenvalue weighted by Gasteiger charge is 2.29. The zero-order valence-corrected chi connectivity index (χ0v) is 12.7. The number of nitrogens with zero attached hydrogens (tertiary/aromatic N) is 2. The van der Waals surface area contributed by atoms with Gasteiger partial charge in [0.2, 0.25) is 0 Å². The second kappa shape index (κ2) is 4.65. The average molecular weight is 318 g/mol. The normalized spacial score (nSPS) is 14.8. The second-order valence-electron chi connectivity index (χ2n) is 5.37. The Hall–Kier alpha value is -1.71. The summed E-state index contributed by atoms with van der Waals surface area (Å²) in [5.41, 5.74) is 9.58. The largest absolute Gasteiger partial charge is 0.397 e. The van der Waals surface area contributed by atoms with Crippen molar-refractivity contribution in [1.29, 1.82) is 0 Å². The van der Waals surface area contributed by atoms with Crippen molar-refractivity contribution in [3.05, 3.63) is 46.4 Å². The fourth-order valence-corrected chi connectivity index (χ4v) is 3.03. The molecule has 0 bridgehead atoms. The Morgan fingerprint density at radius 2 is 1.95 bits per heavy atom. The Labute approximate surface area is 132 Å². The third-order valence-corrected chi connectivity index (χ3v) is 4.42. The summed E-state index contributed by atoms with van der Waals surface area (Å²) in [7, 11) is 0. The summed E-state index contributed by atoms with van der Waals surface area (Å²) >= 11 is 12.3. The van der Waals surface area contributed by atoms with E-state index in [1.807, 2.05) is 30.3 Å². The number of benzene rings is 2. The first-order valence-corrected chi connectivity index (χ1v) is 7.62. The molecule has 3 aromatic rings. The first kappa shape index (κ1) is 13.0. The minimum atomic E-state index is 0.474. The van der Waals surface area contributed by atoms with Crippen LogP contribution in [0.25, 0.3) is 22.4 Å². The van der Waals surface area contributed by atoms with Gasteiger partial charge in [0, 0.05) is 16.6 Å². The Morgan fingerprint density at radius 1 is 1.14 bits per heavy atom. The number of halogens is 2. The molecule has 0 saturated heterocycles. The van der Waals surface area contributed by atoms with Gasteiger partial charge in [-0.3, -0.25) is 0 Å². The zero-order chi connectivity index (χ0) is 14.6. The van der Waals surface area contributed by atoms with Crippen LogP contribution in [0.15, 0.2) is 36.4 Å². The molecule has 1 fully saturated rings. The van der Waals surface area contributed by atoms with Gasteiger partial charge in [-0.2, -0.15) is 0 Å². The Morgan fingerprint density at radius 3 is 2.71 bits per heavy atom. The van der Waals surface area contributed by atoms with E-state index in [0.29, 0.717) is 16.8 Å². The highest BCUT2D eigenvalue weighted by atomic mass is 35.5. The van der Waals surface area contributed by atoms with Gasteiger partial charge in [-0.05, 0) is 43.2 Å². The maximum absolute atomic E-state index is 6.15. The van der Waals surface area contributed by atoms with E-state index in [9.17, 15) is 0 Å².